The molecule has 0 unspecified atom stereocenters. The number of hydrogen-bond acceptors (Lipinski definition) is 1. The number of thiocarbonyl (C=S) groups is 1. The van der Waals surface area contributed by atoms with Crippen LogP contribution in [0.15, 0.2) is 12.1 Å². The second-order valence-electron chi connectivity index (χ2n) is 3.60. The summed E-state index contributed by atoms with van der Waals surface area (Å²) in [5.74, 6) is 0. The van der Waals surface area contributed by atoms with Gasteiger partial charge in [0.25, 0.3) is 0 Å². The molecule has 0 aliphatic heterocycles. The minimum absolute atomic E-state index is 1.02. The first-order chi connectivity index (χ1) is 5.66. The molecule has 0 N–H and O–H groups in total. The molecule has 1 aromatic rings. The predicted octanol–water partition coefficient (Wildman–Crippen LogP) is 2.77. The minimum Gasteiger partial charge on any atom is -0.0890 e. The third kappa shape index (κ3) is 1.18. The summed E-state index contributed by atoms with van der Waals surface area (Å²) in [5.41, 5.74) is 5.67. The van der Waals surface area contributed by atoms with Crippen LogP contribution in [0.2, 0.25) is 0 Å². The highest BCUT2D eigenvalue weighted by atomic mass is 32.1. The molecule has 1 aromatic carbocycles. The van der Waals surface area contributed by atoms with E-state index in [0.29, 0.717) is 0 Å². The second kappa shape index (κ2) is 2.67. The third-order valence-electron chi connectivity index (χ3n) is 2.59. The fourth-order valence-corrected chi connectivity index (χ4v) is 2.06. The van der Waals surface area contributed by atoms with Gasteiger partial charge in [0.1, 0.15) is 0 Å². The lowest BCUT2D eigenvalue weighted by atomic mass is 10.0. The molecule has 0 nitrogen and oxygen atoms in total. The SMILES string of the molecule is Cc1cc2c(cc1C)CC(=S)C2. The van der Waals surface area contributed by atoms with Gasteiger partial charge in [-0.05, 0) is 36.1 Å². The van der Waals surface area contributed by atoms with E-state index in [1.165, 1.54) is 27.1 Å². The van der Waals surface area contributed by atoms with E-state index in [1.54, 1.807) is 0 Å². The van der Waals surface area contributed by atoms with E-state index in [1.807, 2.05) is 0 Å². The van der Waals surface area contributed by atoms with Crippen molar-refractivity contribution in [1.29, 1.82) is 0 Å². The maximum atomic E-state index is 5.21. The first-order valence-electron chi connectivity index (χ1n) is 4.27. The molecule has 62 valence electrons. The topological polar surface area (TPSA) is 0 Å². The average Bonchev–Trinajstić information content (AvgIpc) is 2.30. The molecular weight excluding hydrogens is 164 g/mol. The summed E-state index contributed by atoms with van der Waals surface area (Å²) in [6, 6.07) is 4.56. The Hall–Kier alpha value is -0.690. The highest BCUT2D eigenvalue weighted by molar-refractivity contribution is 7.80. The zero-order valence-corrected chi connectivity index (χ0v) is 8.29. The van der Waals surface area contributed by atoms with Crippen LogP contribution in [-0.4, -0.2) is 4.86 Å². The lowest BCUT2D eigenvalue weighted by Crippen LogP contribution is -1.88. The van der Waals surface area contributed by atoms with E-state index in [4.69, 9.17) is 12.2 Å². The van der Waals surface area contributed by atoms with Crippen molar-refractivity contribution >= 4 is 17.1 Å². The Bertz CT molecular complexity index is 317. The number of rotatable bonds is 0. The van der Waals surface area contributed by atoms with Crippen LogP contribution in [0.4, 0.5) is 0 Å². The van der Waals surface area contributed by atoms with Crippen molar-refractivity contribution in [1.82, 2.24) is 0 Å². The lowest BCUT2D eigenvalue weighted by molar-refractivity contribution is 1.25. The molecule has 0 amide bonds. The van der Waals surface area contributed by atoms with Crippen molar-refractivity contribution < 1.29 is 0 Å². The molecule has 1 heteroatoms. The quantitative estimate of drug-likeness (QED) is 0.548. The molecule has 12 heavy (non-hydrogen) atoms. The zero-order valence-electron chi connectivity index (χ0n) is 7.48. The number of hydrogen-bond donors (Lipinski definition) is 0. The van der Waals surface area contributed by atoms with Crippen molar-refractivity contribution in [2.45, 2.75) is 26.7 Å². The van der Waals surface area contributed by atoms with Crippen LogP contribution < -0.4 is 0 Å². The molecule has 0 heterocycles. The zero-order chi connectivity index (χ0) is 8.72. The fraction of sp³-hybridized carbons (Fsp3) is 0.364. The first kappa shape index (κ1) is 7.93. The smallest absolute Gasteiger partial charge is 0.00445 e. The number of fused-ring (bicyclic) bond motifs is 1. The van der Waals surface area contributed by atoms with Gasteiger partial charge in [0, 0.05) is 17.7 Å². The van der Waals surface area contributed by atoms with Gasteiger partial charge in [0.15, 0.2) is 0 Å². The molecule has 0 spiro atoms. The van der Waals surface area contributed by atoms with E-state index < -0.39 is 0 Å². The summed E-state index contributed by atoms with van der Waals surface area (Å²) in [7, 11) is 0. The van der Waals surface area contributed by atoms with Crippen LogP contribution >= 0.6 is 12.2 Å². The lowest BCUT2D eigenvalue weighted by Gasteiger charge is -2.03. The fourth-order valence-electron chi connectivity index (χ4n) is 1.75. The van der Waals surface area contributed by atoms with Gasteiger partial charge in [-0.25, -0.2) is 0 Å². The third-order valence-corrected chi connectivity index (χ3v) is 2.88. The number of aryl methyl sites for hydroxylation is 2. The van der Waals surface area contributed by atoms with Crippen LogP contribution in [-0.2, 0) is 12.8 Å². The Kier molecular flexibility index (Phi) is 1.76. The first-order valence-corrected chi connectivity index (χ1v) is 4.68. The van der Waals surface area contributed by atoms with Crippen LogP contribution in [0.1, 0.15) is 22.3 Å². The van der Waals surface area contributed by atoms with E-state index in [9.17, 15) is 0 Å². The Morgan fingerprint density at radius 3 is 1.83 bits per heavy atom. The molecule has 2 rings (SSSR count). The van der Waals surface area contributed by atoms with Crippen molar-refractivity contribution in [3.05, 3.63) is 34.4 Å². The van der Waals surface area contributed by atoms with Crippen LogP contribution in [0.3, 0.4) is 0 Å². The Morgan fingerprint density at radius 2 is 1.42 bits per heavy atom. The van der Waals surface area contributed by atoms with E-state index >= 15 is 0 Å². The second-order valence-corrected chi connectivity index (χ2v) is 4.17. The minimum atomic E-state index is 1.02. The standard InChI is InChI=1S/C11H12S/c1-7-3-9-5-11(12)6-10(9)4-8(7)2/h3-4H,5-6H2,1-2H3. The van der Waals surface area contributed by atoms with Crippen molar-refractivity contribution in [3.8, 4) is 0 Å². The van der Waals surface area contributed by atoms with Crippen LogP contribution in [0.5, 0.6) is 0 Å². The molecule has 0 atom stereocenters. The van der Waals surface area contributed by atoms with Gasteiger partial charge >= 0.3 is 0 Å². The highest BCUT2D eigenvalue weighted by Crippen LogP contribution is 2.23. The molecule has 1 aliphatic carbocycles. The average molecular weight is 176 g/mol. The van der Waals surface area contributed by atoms with Gasteiger partial charge < -0.3 is 0 Å². The molecular formula is C11H12S. The monoisotopic (exact) mass is 176 g/mol. The van der Waals surface area contributed by atoms with E-state index in [0.717, 1.165) is 12.8 Å². The summed E-state index contributed by atoms with van der Waals surface area (Å²) >= 11 is 5.21. The van der Waals surface area contributed by atoms with Gasteiger partial charge in [-0.2, -0.15) is 0 Å². The summed E-state index contributed by atoms with van der Waals surface area (Å²) in [4.78, 5) is 1.19. The molecule has 0 aromatic heterocycles. The molecule has 0 saturated heterocycles. The maximum Gasteiger partial charge on any atom is 0.00445 e. The largest absolute Gasteiger partial charge is 0.0890 e. The summed E-state index contributed by atoms with van der Waals surface area (Å²) < 4.78 is 0. The Morgan fingerprint density at radius 1 is 1.00 bits per heavy atom. The van der Waals surface area contributed by atoms with Gasteiger partial charge in [0.05, 0.1) is 0 Å². The van der Waals surface area contributed by atoms with Gasteiger partial charge in [0.2, 0.25) is 0 Å². The summed E-state index contributed by atoms with van der Waals surface area (Å²) in [5, 5.41) is 0. The maximum absolute atomic E-state index is 5.21. The molecule has 0 saturated carbocycles. The van der Waals surface area contributed by atoms with Crippen LogP contribution in [0.25, 0.3) is 0 Å². The van der Waals surface area contributed by atoms with E-state index in [-0.39, 0.29) is 0 Å². The Balaban J connectivity index is 2.55. The van der Waals surface area contributed by atoms with Crippen LogP contribution in [0, 0.1) is 13.8 Å². The predicted molar refractivity (Wildman–Crippen MR) is 55.9 cm³/mol. The van der Waals surface area contributed by atoms with Crippen molar-refractivity contribution in [2.24, 2.45) is 0 Å². The van der Waals surface area contributed by atoms with E-state index in [2.05, 4.69) is 26.0 Å². The van der Waals surface area contributed by atoms with Crippen molar-refractivity contribution in [2.75, 3.05) is 0 Å². The van der Waals surface area contributed by atoms with Crippen molar-refractivity contribution in [3.63, 3.8) is 0 Å². The molecule has 1 aliphatic rings. The highest BCUT2D eigenvalue weighted by Gasteiger charge is 2.15. The number of benzene rings is 1. The molecule has 0 fully saturated rings. The van der Waals surface area contributed by atoms with Gasteiger partial charge in [-0.15, -0.1) is 0 Å². The Labute approximate surface area is 78.6 Å². The summed E-state index contributed by atoms with van der Waals surface area (Å²) in [6.07, 6.45) is 2.04. The normalized spacial score (nSPS) is 15.0. The molecule has 0 radical (unpaired) electrons. The van der Waals surface area contributed by atoms with Gasteiger partial charge in [-0.1, -0.05) is 24.4 Å². The van der Waals surface area contributed by atoms with Gasteiger partial charge in [-0.3, -0.25) is 0 Å². The molecule has 0 bridgehead atoms. The summed E-state index contributed by atoms with van der Waals surface area (Å²) in [6.45, 7) is 4.33.